The molecule has 2 heteroatoms. The lowest BCUT2D eigenvalue weighted by Crippen LogP contribution is -2.48. The van der Waals surface area contributed by atoms with Gasteiger partial charge in [0.15, 0.2) is 0 Å². The van der Waals surface area contributed by atoms with Crippen molar-refractivity contribution in [1.82, 2.24) is 0 Å². The van der Waals surface area contributed by atoms with Gasteiger partial charge >= 0.3 is 0 Å². The summed E-state index contributed by atoms with van der Waals surface area (Å²) in [5, 5.41) is 10.2. The van der Waals surface area contributed by atoms with Crippen molar-refractivity contribution in [2.24, 2.45) is 23.2 Å². The Hall–Kier alpha value is -0.370. The minimum atomic E-state index is -0.596. The van der Waals surface area contributed by atoms with Gasteiger partial charge in [0, 0.05) is 12.3 Å². The molecule has 2 rings (SSSR count). The number of carbonyl (C=O) groups is 1. The van der Waals surface area contributed by atoms with Gasteiger partial charge < -0.3 is 5.11 Å². The number of hydrogen-bond acceptors (Lipinski definition) is 2. The fourth-order valence-electron chi connectivity index (χ4n) is 4.02. The van der Waals surface area contributed by atoms with Gasteiger partial charge in [-0.25, -0.2) is 0 Å². The summed E-state index contributed by atoms with van der Waals surface area (Å²) in [5.74, 6) is 1.46. The maximum Gasteiger partial charge on any atom is 0.136 e. The SMILES string of the molecule is CC1C(=O)CCC2(C)CCC(C(C)(C)O)CC12. The monoisotopic (exact) mass is 238 g/mol. The van der Waals surface area contributed by atoms with Gasteiger partial charge in [-0.3, -0.25) is 4.79 Å². The highest BCUT2D eigenvalue weighted by Gasteiger charge is 2.49. The summed E-state index contributed by atoms with van der Waals surface area (Å²) in [4.78, 5) is 11.9. The Bertz CT molecular complexity index is 315. The minimum absolute atomic E-state index is 0.193. The molecule has 2 nitrogen and oxygen atoms in total. The zero-order valence-corrected chi connectivity index (χ0v) is 11.6. The second-order valence-electron chi connectivity index (χ2n) is 7.14. The van der Waals surface area contributed by atoms with Crippen molar-refractivity contribution >= 4 is 5.78 Å². The number of fused-ring (bicyclic) bond motifs is 1. The van der Waals surface area contributed by atoms with Crippen LogP contribution in [0, 0.1) is 23.2 Å². The van der Waals surface area contributed by atoms with Crippen LogP contribution >= 0.6 is 0 Å². The zero-order chi connectivity index (χ0) is 12.8. The van der Waals surface area contributed by atoms with Crippen LogP contribution in [0.3, 0.4) is 0 Å². The Morgan fingerprint density at radius 2 is 2.00 bits per heavy atom. The number of hydrogen-bond donors (Lipinski definition) is 1. The Morgan fingerprint density at radius 1 is 1.35 bits per heavy atom. The van der Waals surface area contributed by atoms with Crippen LogP contribution in [0.4, 0.5) is 0 Å². The van der Waals surface area contributed by atoms with Crippen LogP contribution in [0.15, 0.2) is 0 Å². The second-order valence-corrected chi connectivity index (χ2v) is 7.14. The predicted octanol–water partition coefficient (Wildman–Crippen LogP) is 3.18. The molecule has 17 heavy (non-hydrogen) atoms. The quantitative estimate of drug-likeness (QED) is 0.762. The summed E-state index contributed by atoms with van der Waals surface area (Å²) in [6.45, 7) is 8.27. The van der Waals surface area contributed by atoms with E-state index < -0.39 is 5.60 Å². The van der Waals surface area contributed by atoms with E-state index in [0.717, 1.165) is 25.7 Å². The summed E-state index contributed by atoms with van der Waals surface area (Å²) in [7, 11) is 0. The smallest absolute Gasteiger partial charge is 0.136 e. The first kappa shape index (κ1) is 13.1. The molecule has 0 radical (unpaired) electrons. The van der Waals surface area contributed by atoms with Crippen molar-refractivity contribution < 1.29 is 9.90 Å². The average Bonchev–Trinajstić information content (AvgIpc) is 2.22. The van der Waals surface area contributed by atoms with Crippen molar-refractivity contribution in [3.8, 4) is 0 Å². The molecule has 98 valence electrons. The molecule has 2 aliphatic rings. The normalized spacial score (nSPS) is 43.4. The summed E-state index contributed by atoms with van der Waals surface area (Å²) in [6.07, 6.45) is 5.12. The summed E-state index contributed by atoms with van der Waals surface area (Å²) < 4.78 is 0. The average molecular weight is 238 g/mol. The number of rotatable bonds is 1. The van der Waals surface area contributed by atoms with E-state index in [1.807, 2.05) is 13.8 Å². The van der Waals surface area contributed by atoms with Crippen molar-refractivity contribution in [3.63, 3.8) is 0 Å². The highest BCUT2D eigenvalue weighted by Crippen LogP contribution is 2.54. The third kappa shape index (κ3) is 2.29. The van der Waals surface area contributed by atoms with E-state index in [-0.39, 0.29) is 5.92 Å². The van der Waals surface area contributed by atoms with Gasteiger partial charge in [-0.05, 0) is 56.8 Å². The lowest BCUT2D eigenvalue weighted by Gasteiger charge is -2.51. The Balaban J connectivity index is 2.18. The highest BCUT2D eigenvalue weighted by molar-refractivity contribution is 5.82. The van der Waals surface area contributed by atoms with E-state index in [9.17, 15) is 9.90 Å². The van der Waals surface area contributed by atoms with E-state index >= 15 is 0 Å². The van der Waals surface area contributed by atoms with E-state index in [1.54, 1.807) is 0 Å². The van der Waals surface area contributed by atoms with E-state index in [2.05, 4.69) is 13.8 Å². The standard InChI is InChI=1S/C15H26O2/c1-10-12-9-11(14(2,3)17)5-7-15(12,4)8-6-13(10)16/h10-12,17H,5-9H2,1-4H3. The van der Waals surface area contributed by atoms with Crippen LogP contribution in [-0.2, 0) is 4.79 Å². The van der Waals surface area contributed by atoms with E-state index in [4.69, 9.17) is 0 Å². The number of Topliss-reactive ketones (excluding diaryl/α,β-unsaturated/α-hetero) is 1. The van der Waals surface area contributed by atoms with Gasteiger partial charge in [0.2, 0.25) is 0 Å². The molecule has 0 aromatic carbocycles. The molecule has 0 bridgehead atoms. The van der Waals surface area contributed by atoms with Crippen LogP contribution < -0.4 is 0 Å². The van der Waals surface area contributed by atoms with Crippen LogP contribution in [0.5, 0.6) is 0 Å². The lowest BCUT2D eigenvalue weighted by atomic mass is 9.53. The maximum atomic E-state index is 11.9. The van der Waals surface area contributed by atoms with Crippen molar-refractivity contribution in [2.45, 2.75) is 65.4 Å². The van der Waals surface area contributed by atoms with Crippen LogP contribution in [-0.4, -0.2) is 16.5 Å². The van der Waals surface area contributed by atoms with Crippen molar-refractivity contribution in [2.75, 3.05) is 0 Å². The van der Waals surface area contributed by atoms with Crippen molar-refractivity contribution in [1.29, 1.82) is 0 Å². The number of carbonyl (C=O) groups excluding carboxylic acids is 1. The van der Waals surface area contributed by atoms with Gasteiger partial charge in [0.05, 0.1) is 5.60 Å². The molecule has 1 N–H and O–H groups in total. The number of aliphatic hydroxyl groups is 1. The maximum absolute atomic E-state index is 11.9. The molecule has 0 amide bonds. The fourth-order valence-corrected chi connectivity index (χ4v) is 4.02. The van der Waals surface area contributed by atoms with Gasteiger partial charge in [-0.15, -0.1) is 0 Å². The van der Waals surface area contributed by atoms with E-state index in [1.165, 1.54) is 6.42 Å². The van der Waals surface area contributed by atoms with Gasteiger partial charge in [0.25, 0.3) is 0 Å². The molecule has 2 aliphatic carbocycles. The predicted molar refractivity (Wildman–Crippen MR) is 68.6 cm³/mol. The zero-order valence-electron chi connectivity index (χ0n) is 11.6. The third-order valence-electron chi connectivity index (χ3n) is 5.55. The molecule has 4 unspecified atom stereocenters. The largest absolute Gasteiger partial charge is 0.390 e. The summed E-state index contributed by atoms with van der Waals surface area (Å²) >= 11 is 0. The topological polar surface area (TPSA) is 37.3 Å². The molecule has 0 heterocycles. The fraction of sp³-hybridized carbons (Fsp3) is 0.933. The molecule has 0 aromatic rings. The third-order valence-corrected chi connectivity index (χ3v) is 5.55. The molecule has 0 aliphatic heterocycles. The first-order valence-corrected chi connectivity index (χ1v) is 6.99. The molecule has 0 aromatic heterocycles. The van der Waals surface area contributed by atoms with E-state index in [0.29, 0.717) is 23.0 Å². The van der Waals surface area contributed by atoms with Crippen LogP contribution in [0.2, 0.25) is 0 Å². The summed E-state index contributed by atoms with van der Waals surface area (Å²) in [5.41, 5.74) is -0.253. The number of ketones is 1. The Kier molecular flexibility index (Phi) is 3.14. The Morgan fingerprint density at radius 3 is 2.59 bits per heavy atom. The second kappa shape index (κ2) is 4.08. The first-order valence-electron chi connectivity index (χ1n) is 6.99. The molecule has 2 saturated carbocycles. The van der Waals surface area contributed by atoms with Crippen molar-refractivity contribution in [3.05, 3.63) is 0 Å². The molecule has 2 fully saturated rings. The van der Waals surface area contributed by atoms with Crippen LogP contribution in [0.1, 0.15) is 59.8 Å². The molecule has 4 atom stereocenters. The highest BCUT2D eigenvalue weighted by atomic mass is 16.3. The Labute approximate surface area is 105 Å². The summed E-state index contributed by atoms with van der Waals surface area (Å²) in [6, 6.07) is 0. The first-order chi connectivity index (χ1) is 7.74. The van der Waals surface area contributed by atoms with Crippen LogP contribution in [0.25, 0.3) is 0 Å². The molecular formula is C15H26O2. The minimum Gasteiger partial charge on any atom is -0.390 e. The molecular weight excluding hydrogens is 212 g/mol. The van der Waals surface area contributed by atoms with Gasteiger partial charge in [-0.2, -0.15) is 0 Å². The molecule has 0 spiro atoms. The van der Waals surface area contributed by atoms with Gasteiger partial charge in [-0.1, -0.05) is 13.8 Å². The van der Waals surface area contributed by atoms with Gasteiger partial charge in [0.1, 0.15) is 5.78 Å². The lowest BCUT2D eigenvalue weighted by molar-refractivity contribution is -0.136. The molecule has 0 saturated heterocycles.